The third-order valence-electron chi connectivity index (χ3n) is 4.36. The lowest BCUT2D eigenvalue weighted by molar-refractivity contribution is -0.130. The molecule has 2 rings (SSSR count). The number of benzene rings is 1. The topological polar surface area (TPSA) is 66.8 Å². The van der Waals surface area contributed by atoms with Crippen LogP contribution in [0.25, 0.3) is 0 Å². The Labute approximate surface area is 149 Å². The third kappa shape index (κ3) is 3.93. The predicted molar refractivity (Wildman–Crippen MR) is 96.2 cm³/mol. The van der Waals surface area contributed by atoms with Gasteiger partial charge in [-0.2, -0.15) is 0 Å². The summed E-state index contributed by atoms with van der Waals surface area (Å²) in [7, 11) is 0. The predicted octanol–water partition coefficient (Wildman–Crippen LogP) is 3.34. The number of carbonyl (C=O) groups is 2. The highest BCUT2D eigenvalue weighted by Crippen LogP contribution is 2.39. The van der Waals surface area contributed by atoms with Gasteiger partial charge in [-0.05, 0) is 31.9 Å². The molecule has 1 atom stereocenters. The molecule has 1 heterocycles. The summed E-state index contributed by atoms with van der Waals surface area (Å²) in [5.74, 6) is -1.45. The van der Waals surface area contributed by atoms with E-state index in [0.29, 0.717) is 13.2 Å². The number of nitrogens with zero attached hydrogens (tertiary/aromatic N) is 1. The van der Waals surface area contributed by atoms with Crippen molar-refractivity contribution in [2.75, 3.05) is 13.2 Å². The van der Waals surface area contributed by atoms with Crippen LogP contribution in [0.4, 0.5) is 0 Å². The Morgan fingerprint density at radius 1 is 1.24 bits per heavy atom. The molecule has 1 amide bonds. The molecule has 1 unspecified atom stereocenters. The number of hydrogen-bond acceptors (Lipinski definition) is 4. The molecule has 1 aromatic carbocycles. The van der Waals surface area contributed by atoms with Crippen molar-refractivity contribution in [3.8, 4) is 0 Å². The van der Waals surface area contributed by atoms with E-state index >= 15 is 0 Å². The van der Waals surface area contributed by atoms with Gasteiger partial charge in [-0.25, -0.2) is 0 Å². The molecule has 0 radical (unpaired) electrons. The van der Waals surface area contributed by atoms with E-state index in [1.807, 2.05) is 45.0 Å². The van der Waals surface area contributed by atoms with E-state index in [9.17, 15) is 14.7 Å². The third-order valence-corrected chi connectivity index (χ3v) is 4.36. The number of Topliss-reactive ketones (excluding diaryl/α,β-unsaturated/α-hetero) is 1. The maximum atomic E-state index is 12.7. The number of carbonyl (C=O) groups excluding carboxylic acids is 2. The lowest BCUT2D eigenvalue weighted by Crippen LogP contribution is -2.35. The van der Waals surface area contributed by atoms with Crippen molar-refractivity contribution in [1.29, 1.82) is 0 Å². The highest BCUT2D eigenvalue weighted by Gasteiger charge is 2.44. The van der Waals surface area contributed by atoms with Crippen molar-refractivity contribution >= 4 is 11.7 Å². The van der Waals surface area contributed by atoms with Gasteiger partial charge < -0.3 is 14.7 Å². The standard InChI is InChI=1S/C20H27NO4/c1-12(2)18(22)16-17(15-9-7-6-8-14(15)5)21(20(24)19(16)23)10-11-25-13(3)4/h6-9,12-13,17,23H,10-11H2,1-5H3. The summed E-state index contributed by atoms with van der Waals surface area (Å²) >= 11 is 0. The molecule has 1 aliphatic heterocycles. The Morgan fingerprint density at radius 2 is 1.88 bits per heavy atom. The maximum Gasteiger partial charge on any atom is 0.290 e. The quantitative estimate of drug-likeness (QED) is 0.823. The van der Waals surface area contributed by atoms with E-state index in [1.54, 1.807) is 13.8 Å². The SMILES string of the molecule is Cc1ccccc1C1C(C(=O)C(C)C)=C(O)C(=O)N1CCOC(C)C. The van der Waals surface area contributed by atoms with Crippen LogP contribution in [-0.4, -0.2) is 41.0 Å². The second-order valence-corrected chi connectivity index (χ2v) is 6.96. The number of amides is 1. The van der Waals surface area contributed by atoms with Crippen molar-refractivity contribution in [2.24, 2.45) is 5.92 Å². The first-order chi connectivity index (χ1) is 11.8. The fourth-order valence-corrected chi connectivity index (χ4v) is 3.05. The van der Waals surface area contributed by atoms with Crippen molar-refractivity contribution in [3.05, 3.63) is 46.7 Å². The van der Waals surface area contributed by atoms with Crippen LogP contribution in [0, 0.1) is 12.8 Å². The molecule has 0 fully saturated rings. The fourth-order valence-electron chi connectivity index (χ4n) is 3.05. The molecule has 5 heteroatoms. The zero-order valence-corrected chi connectivity index (χ0v) is 15.6. The Morgan fingerprint density at radius 3 is 2.44 bits per heavy atom. The molecule has 1 aromatic rings. The first kappa shape index (κ1) is 19.2. The molecule has 25 heavy (non-hydrogen) atoms. The highest BCUT2D eigenvalue weighted by molar-refractivity contribution is 6.09. The number of ether oxygens (including phenoxy) is 1. The summed E-state index contributed by atoms with van der Waals surface area (Å²) in [5, 5.41) is 10.4. The summed E-state index contributed by atoms with van der Waals surface area (Å²) in [5.41, 5.74) is 2.02. The number of aliphatic hydroxyl groups is 1. The van der Waals surface area contributed by atoms with Gasteiger partial charge in [-0.3, -0.25) is 9.59 Å². The molecule has 1 aliphatic rings. The minimum Gasteiger partial charge on any atom is -0.503 e. The van der Waals surface area contributed by atoms with Gasteiger partial charge in [0.2, 0.25) is 0 Å². The molecule has 1 N–H and O–H groups in total. The number of aliphatic hydroxyl groups excluding tert-OH is 1. The Kier molecular flexibility index (Phi) is 6.01. The summed E-state index contributed by atoms with van der Waals surface area (Å²) in [6.07, 6.45) is 0.0490. The fraction of sp³-hybridized carbons (Fsp3) is 0.500. The molecular formula is C20H27NO4. The number of hydrogen-bond donors (Lipinski definition) is 1. The van der Waals surface area contributed by atoms with Crippen LogP contribution in [0.1, 0.15) is 44.9 Å². The summed E-state index contributed by atoms with van der Waals surface area (Å²) in [6, 6.07) is 7.06. The average Bonchev–Trinajstić information content (AvgIpc) is 2.79. The molecule has 0 spiro atoms. The first-order valence-electron chi connectivity index (χ1n) is 8.71. The van der Waals surface area contributed by atoms with Crippen LogP contribution < -0.4 is 0 Å². The van der Waals surface area contributed by atoms with Gasteiger partial charge >= 0.3 is 0 Å². The summed E-state index contributed by atoms with van der Waals surface area (Å²) in [6.45, 7) is 9.99. The van der Waals surface area contributed by atoms with Crippen LogP contribution in [0.5, 0.6) is 0 Å². The van der Waals surface area contributed by atoms with Crippen molar-refractivity contribution < 1.29 is 19.4 Å². The van der Waals surface area contributed by atoms with Gasteiger partial charge in [-0.15, -0.1) is 0 Å². The van der Waals surface area contributed by atoms with Crippen molar-refractivity contribution in [2.45, 2.75) is 46.8 Å². The first-order valence-corrected chi connectivity index (χ1v) is 8.71. The Hall–Kier alpha value is -2.14. The number of rotatable bonds is 7. The van der Waals surface area contributed by atoms with Gasteiger partial charge in [0.05, 0.1) is 24.3 Å². The molecule has 0 saturated carbocycles. The van der Waals surface area contributed by atoms with Crippen molar-refractivity contribution in [1.82, 2.24) is 4.90 Å². The summed E-state index contributed by atoms with van der Waals surface area (Å²) in [4.78, 5) is 26.9. The van der Waals surface area contributed by atoms with E-state index in [2.05, 4.69) is 0 Å². The van der Waals surface area contributed by atoms with Crippen LogP contribution in [0.2, 0.25) is 0 Å². The lowest BCUT2D eigenvalue weighted by atomic mass is 9.89. The molecular weight excluding hydrogens is 318 g/mol. The zero-order valence-electron chi connectivity index (χ0n) is 15.6. The van der Waals surface area contributed by atoms with Crippen molar-refractivity contribution in [3.63, 3.8) is 0 Å². The summed E-state index contributed by atoms with van der Waals surface area (Å²) < 4.78 is 5.57. The monoisotopic (exact) mass is 345 g/mol. The number of ketones is 1. The van der Waals surface area contributed by atoms with Crippen LogP contribution in [-0.2, 0) is 14.3 Å². The average molecular weight is 345 g/mol. The minimum absolute atomic E-state index is 0.0490. The largest absolute Gasteiger partial charge is 0.503 e. The lowest BCUT2D eigenvalue weighted by Gasteiger charge is -2.28. The number of aryl methyl sites for hydroxylation is 1. The second-order valence-electron chi connectivity index (χ2n) is 6.96. The van der Waals surface area contributed by atoms with Crippen LogP contribution in [0.3, 0.4) is 0 Å². The van der Waals surface area contributed by atoms with Gasteiger partial charge in [0.25, 0.3) is 5.91 Å². The van der Waals surface area contributed by atoms with Crippen LogP contribution in [0.15, 0.2) is 35.6 Å². The van der Waals surface area contributed by atoms with E-state index in [1.165, 1.54) is 4.90 Å². The molecule has 0 aromatic heterocycles. The maximum absolute atomic E-state index is 12.7. The van der Waals surface area contributed by atoms with E-state index in [-0.39, 0.29) is 23.4 Å². The van der Waals surface area contributed by atoms with E-state index < -0.39 is 17.7 Å². The van der Waals surface area contributed by atoms with Gasteiger partial charge in [0.1, 0.15) is 0 Å². The molecule has 0 aliphatic carbocycles. The van der Waals surface area contributed by atoms with Crippen LogP contribution >= 0.6 is 0 Å². The molecule has 5 nitrogen and oxygen atoms in total. The second kappa shape index (κ2) is 7.83. The normalized spacial score (nSPS) is 18.0. The van der Waals surface area contributed by atoms with Gasteiger partial charge in [-0.1, -0.05) is 38.1 Å². The smallest absolute Gasteiger partial charge is 0.290 e. The molecule has 0 saturated heterocycles. The van der Waals surface area contributed by atoms with E-state index in [0.717, 1.165) is 11.1 Å². The van der Waals surface area contributed by atoms with E-state index in [4.69, 9.17) is 4.74 Å². The highest BCUT2D eigenvalue weighted by atomic mass is 16.5. The van der Waals surface area contributed by atoms with Gasteiger partial charge in [0, 0.05) is 12.5 Å². The zero-order chi connectivity index (χ0) is 18.7. The Bertz CT molecular complexity index is 691. The Balaban J connectivity index is 2.45. The van der Waals surface area contributed by atoms with Gasteiger partial charge in [0.15, 0.2) is 11.5 Å². The molecule has 136 valence electrons. The molecule has 0 bridgehead atoms. The minimum atomic E-state index is -0.570.